The fraction of sp³-hybridized carbons (Fsp3) is 0.200. The van der Waals surface area contributed by atoms with E-state index in [1.807, 2.05) is 0 Å². The molecular formula is C10H13ClN6O2S. The summed E-state index contributed by atoms with van der Waals surface area (Å²) in [6.45, 7) is 1.76. The fourth-order valence-electron chi connectivity index (χ4n) is 1.58. The SMILES string of the molecule is Cc1cc(NS(=O)(=O)c2cnc(NN)c(Cl)c2)n(C)n1. The van der Waals surface area contributed by atoms with Gasteiger partial charge in [0.25, 0.3) is 10.0 Å². The lowest BCUT2D eigenvalue weighted by Gasteiger charge is -2.09. The van der Waals surface area contributed by atoms with E-state index in [0.717, 1.165) is 6.20 Å². The summed E-state index contributed by atoms with van der Waals surface area (Å²) in [5.74, 6) is 5.73. The standard InChI is InChI=1S/C10H13ClN6O2S/c1-6-3-9(17(2)15-6)16-20(18,19)7-4-8(11)10(14-12)13-5-7/h3-5,16H,12H2,1-2H3,(H,13,14). The zero-order valence-corrected chi connectivity index (χ0v) is 12.3. The molecule has 8 nitrogen and oxygen atoms in total. The van der Waals surface area contributed by atoms with E-state index in [0.29, 0.717) is 11.5 Å². The molecule has 20 heavy (non-hydrogen) atoms. The van der Waals surface area contributed by atoms with Crippen LogP contribution in [0.3, 0.4) is 0 Å². The van der Waals surface area contributed by atoms with Crippen molar-refractivity contribution in [2.45, 2.75) is 11.8 Å². The van der Waals surface area contributed by atoms with Gasteiger partial charge in [-0.05, 0) is 13.0 Å². The highest BCUT2D eigenvalue weighted by molar-refractivity contribution is 7.92. The van der Waals surface area contributed by atoms with Gasteiger partial charge in [-0.2, -0.15) is 5.10 Å². The number of nitrogens with zero attached hydrogens (tertiary/aromatic N) is 3. The number of nitrogen functional groups attached to an aromatic ring is 1. The largest absolute Gasteiger partial charge is 0.307 e. The van der Waals surface area contributed by atoms with Crippen LogP contribution in [-0.4, -0.2) is 23.2 Å². The Balaban J connectivity index is 2.35. The van der Waals surface area contributed by atoms with Crippen molar-refractivity contribution < 1.29 is 8.42 Å². The number of aromatic nitrogens is 3. The first-order valence-electron chi connectivity index (χ1n) is 5.49. The molecule has 10 heteroatoms. The Kier molecular flexibility index (Phi) is 3.84. The molecule has 108 valence electrons. The number of halogens is 1. The Bertz CT molecular complexity index is 742. The van der Waals surface area contributed by atoms with Crippen molar-refractivity contribution in [1.29, 1.82) is 0 Å². The normalized spacial score (nSPS) is 11.4. The third-order valence-electron chi connectivity index (χ3n) is 2.50. The maximum absolute atomic E-state index is 12.2. The third-order valence-corrected chi connectivity index (χ3v) is 4.11. The first-order chi connectivity index (χ1) is 9.33. The van der Waals surface area contributed by atoms with Crippen molar-refractivity contribution in [3.8, 4) is 0 Å². The van der Waals surface area contributed by atoms with Crippen LogP contribution in [0.25, 0.3) is 0 Å². The van der Waals surface area contributed by atoms with Gasteiger partial charge >= 0.3 is 0 Å². The number of sulfonamides is 1. The van der Waals surface area contributed by atoms with E-state index in [4.69, 9.17) is 17.4 Å². The maximum atomic E-state index is 12.2. The van der Waals surface area contributed by atoms with Crippen molar-refractivity contribution >= 4 is 33.3 Å². The second kappa shape index (κ2) is 5.27. The number of rotatable bonds is 4. The van der Waals surface area contributed by atoms with Gasteiger partial charge < -0.3 is 5.43 Å². The van der Waals surface area contributed by atoms with Crippen LogP contribution in [-0.2, 0) is 17.1 Å². The van der Waals surface area contributed by atoms with E-state index in [1.165, 1.54) is 10.7 Å². The van der Waals surface area contributed by atoms with Gasteiger partial charge in [0.05, 0.1) is 10.7 Å². The zero-order chi connectivity index (χ0) is 14.9. The first-order valence-corrected chi connectivity index (χ1v) is 7.35. The summed E-state index contributed by atoms with van der Waals surface area (Å²) in [5.41, 5.74) is 2.96. The van der Waals surface area contributed by atoms with Gasteiger partial charge in [-0.1, -0.05) is 11.6 Å². The topological polar surface area (TPSA) is 115 Å². The molecule has 2 aromatic heterocycles. The minimum absolute atomic E-state index is 0.0691. The van der Waals surface area contributed by atoms with Crippen molar-refractivity contribution in [1.82, 2.24) is 14.8 Å². The molecule has 0 amide bonds. The van der Waals surface area contributed by atoms with Crippen LogP contribution in [0.5, 0.6) is 0 Å². The molecule has 0 fully saturated rings. The summed E-state index contributed by atoms with van der Waals surface area (Å²) in [4.78, 5) is 3.75. The quantitative estimate of drug-likeness (QED) is 0.569. The van der Waals surface area contributed by atoms with Crippen molar-refractivity contribution in [2.24, 2.45) is 12.9 Å². The summed E-state index contributed by atoms with van der Waals surface area (Å²) in [6, 6.07) is 2.87. The van der Waals surface area contributed by atoms with Crippen molar-refractivity contribution in [3.63, 3.8) is 0 Å². The van der Waals surface area contributed by atoms with Crippen LogP contribution in [0.1, 0.15) is 5.69 Å². The molecule has 0 unspecified atom stereocenters. The highest BCUT2D eigenvalue weighted by Crippen LogP contribution is 2.23. The lowest BCUT2D eigenvalue weighted by molar-refractivity contribution is 0.600. The lowest BCUT2D eigenvalue weighted by atomic mass is 10.5. The molecule has 0 aliphatic carbocycles. The molecular weight excluding hydrogens is 304 g/mol. The van der Waals surface area contributed by atoms with Gasteiger partial charge in [-0.3, -0.25) is 9.40 Å². The smallest absolute Gasteiger partial charge is 0.264 e. The summed E-state index contributed by atoms with van der Waals surface area (Å²) in [5, 5.41) is 4.16. The number of hydrazine groups is 1. The van der Waals surface area contributed by atoms with Crippen LogP contribution < -0.4 is 16.0 Å². The molecule has 0 atom stereocenters. The maximum Gasteiger partial charge on any atom is 0.264 e. The monoisotopic (exact) mass is 316 g/mol. The highest BCUT2D eigenvalue weighted by atomic mass is 35.5. The van der Waals surface area contributed by atoms with E-state index in [-0.39, 0.29) is 15.7 Å². The van der Waals surface area contributed by atoms with E-state index in [1.54, 1.807) is 20.0 Å². The fourth-order valence-corrected chi connectivity index (χ4v) is 2.91. The number of aryl methyl sites for hydroxylation is 2. The molecule has 0 aromatic carbocycles. The summed E-state index contributed by atoms with van der Waals surface area (Å²) < 4.78 is 28.3. The Labute approximate surface area is 121 Å². The van der Waals surface area contributed by atoms with Gasteiger partial charge in [-0.15, -0.1) is 0 Å². The van der Waals surface area contributed by atoms with Gasteiger partial charge in [0.1, 0.15) is 10.7 Å². The van der Waals surface area contributed by atoms with Crippen LogP contribution >= 0.6 is 11.6 Å². The number of hydrogen-bond acceptors (Lipinski definition) is 6. The molecule has 2 heterocycles. The minimum Gasteiger partial charge on any atom is -0.307 e. The second-order valence-electron chi connectivity index (χ2n) is 4.05. The predicted molar refractivity (Wildman–Crippen MR) is 75.8 cm³/mol. The number of pyridine rings is 1. The number of nitrogens with one attached hydrogen (secondary N) is 2. The van der Waals surface area contributed by atoms with Crippen LogP contribution in [0, 0.1) is 6.92 Å². The number of hydrogen-bond donors (Lipinski definition) is 3. The zero-order valence-electron chi connectivity index (χ0n) is 10.8. The van der Waals surface area contributed by atoms with Crippen molar-refractivity contribution in [3.05, 3.63) is 29.0 Å². The Morgan fingerprint density at radius 1 is 1.40 bits per heavy atom. The average molecular weight is 317 g/mol. The number of anilines is 2. The van der Waals surface area contributed by atoms with Gasteiger partial charge in [0, 0.05) is 19.3 Å². The molecule has 0 spiro atoms. The molecule has 2 rings (SSSR count). The predicted octanol–water partition coefficient (Wildman–Crippen LogP) is 0.863. The average Bonchev–Trinajstić information content (AvgIpc) is 2.67. The van der Waals surface area contributed by atoms with Gasteiger partial charge in [0.2, 0.25) is 0 Å². The van der Waals surface area contributed by atoms with Crippen LogP contribution in [0.15, 0.2) is 23.2 Å². The molecule has 0 radical (unpaired) electrons. The first kappa shape index (κ1) is 14.6. The van der Waals surface area contributed by atoms with E-state index in [9.17, 15) is 8.42 Å². The van der Waals surface area contributed by atoms with Gasteiger partial charge in [0.15, 0.2) is 5.82 Å². The summed E-state index contributed by atoms with van der Waals surface area (Å²) in [7, 11) is -2.16. The summed E-state index contributed by atoms with van der Waals surface area (Å²) >= 11 is 5.86. The number of nitrogens with two attached hydrogens (primary N) is 1. The van der Waals surface area contributed by atoms with Crippen molar-refractivity contribution in [2.75, 3.05) is 10.1 Å². The third kappa shape index (κ3) is 2.84. The molecule has 0 aliphatic rings. The molecule has 0 saturated carbocycles. The summed E-state index contributed by atoms with van der Waals surface area (Å²) in [6.07, 6.45) is 1.16. The van der Waals surface area contributed by atoms with Crippen LogP contribution in [0.2, 0.25) is 5.02 Å². The molecule has 0 aliphatic heterocycles. The van der Waals surface area contributed by atoms with Gasteiger partial charge in [-0.25, -0.2) is 19.2 Å². The molecule has 2 aromatic rings. The molecule has 4 N–H and O–H groups in total. The van der Waals surface area contributed by atoms with E-state index < -0.39 is 10.0 Å². The Morgan fingerprint density at radius 3 is 2.60 bits per heavy atom. The Hall–Kier alpha value is -1.84. The minimum atomic E-state index is -3.80. The van der Waals surface area contributed by atoms with E-state index >= 15 is 0 Å². The second-order valence-corrected chi connectivity index (χ2v) is 6.14. The highest BCUT2D eigenvalue weighted by Gasteiger charge is 2.18. The van der Waals surface area contributed by atoms with Crippen LogP contribution in [0.4, 0.5) is 11.6 Å². The molecule has 0 saturated heterocycles. The Morgan fingerprint density at radius 2 is 2.10 bits per heavy atom. The molecule has 0 bridgehead atoms. The van der Waals surface area contributed by atoms with E-state index in [2.05, 4.69) is 20.2 Å². The lowest BCUT2D eigenvalue weighted by Crippen LogP contribution is -2.16.